The molecule has 6 nitrogen and oxygen atoms in total. The molecule has 1 aliphatic carbocycles. The van der Waals surface area contributed by atoms with Crippen molar-refractivity contribution in [3.05, 3.63) is 66.0 Å². The van der Waals surface area contributed by atoms with Gasteiger partial charge in [-0.1, -0.05) is 43.2 Å². The molecule has 0 unspecified atom stereocenters. The Bertz CT molecular complexity index is 962. The first-order valence-corrected chi connectivity index (χ1v) is 12.0. The monoisotopic (exact) mass is 468 g/mol. The molecule has 2 amide bonds. The largest absolute Gasteiger partial charge is 0.490 e. The average Bonchev–Trinajstić information content (AvgIpc) is 3.39. The number of hydrogen-bond donors (Lipinski definition) is 0. The van der Waals surface area contributed by atoms with Gasteiger partial charge in [0, 0.05) is 26.1 Å². The van der Waals surface area contributed by atoms with Gasteiger partial charge < -0.3 is 19.3 Å². The summed E-state index contributed by atoms with van der Waals surface area (Å²) in [5.41, 5.74) is 0.0701. The molecule has 2 aromatic rings. The highest BCUT2D eigenvalue weighted by atomic mass is 19.1. The van der Waals surface area contributed by atoms with Crippen LogP contribution >= 0.6 is 0 Å². The number of ether oxygens (including phenoxy) is 2. The summed E-state index contributed by atoms with van der Waals surface area (Å²) >= 11 is 0. The number of morpholine rings is 1. The van der Waals surface area contributed by atoms with Crippen LogP contribution in [-0.4, -0.2) is 60.6 Å². The summed E-state index contributed by atoms with van der Waals surface area (Å²) in [5.74, 6) is 0.278. The molecule has 0 bridgehead atoms. The molecular formula is C27H33FN2O4. The molecule has 7 heteroatoms. The van der Waals surface area contributed by atoms with Crippen LogP contribution in [-0.2, 0) is 20.9 Å². The van der Waals surface area contributed by atoms with Gasteiger partial charge in [-0.05, 0) is 42.7 Å². The lowest BCUT2D eigenvalue weighted by molar-refractivity contribution is -0.167. The zero-order valence-corrected chi connectivity index (χ0v) is 19.7. The molecule has 0 spiro atoms. The number of rotatable bonds is 8. The summed E-state index contributed by atoms with van der Waals surface area (Å²) in [6.45, 7) is 1.74. The van der Waals surface area contributed by atoms with Crippen molar-refractivity contribution in [2.75, 3.05) is 33.4 Å². The standard InChI is InChI=1S/C27H33FN2O4/c1-29(18-21-7-3-2-4-8-21)25(31)17-27(20-33-24-13-11-23(28)12-14-24)19-30(15-16-34-27)26(32)22-9-5-6-10-22/h2-4,7-8,11-14,22H,5-6,9-10,15-20H2,1H3/t27-/m1/s1. The van der Waals surface area contributed by atoms with Crippen LogP contribution in [0.1, 0.15) is 37.7 Å². The number of benzene rings is 2. The lowest BCUT2D eigenvalue weighted by Crippen LogP contribution is -2.59. The predicted octanol–water partition coefficient (Wildman–Crippen LogP) is 4.04. The van der Waals surface area contributed by atoms with Gasteiger partial charge in [-0.3, -0.25) is 9.59 Å². The van der Waals surface area contributed by atoms with E-state index in [2.05, 4.69) is 0 Å². The van der Waals surface area contributed by atoms with Gasteiger partial charge in [-0.15, -0.1) is 0 Å². The van der Waals surface area contributed by atoms with Gasteiger partial charge in [0.05, 0.1) is 19.6 Å². The highest BCUT2D eigenvalue weighted by Crippen LogP contribution is 2.30. The van der Waals surface area contributed by atoms with Crippen LogP contribution in [0.25, 0.3) is 0 Å². The molecule has 1 saturated heterocycles. The fraction of sp³-hybridized carbons (Fsp3) is 0.481. The van der Waals surface area contributed by atoms with Gasteiger partial charge in [0.2, 0.25) is 11.8 Å². The minimum atomic E-state index is -0.969. The topological polar surface area (TPSA) is 59.1 Å². The third-order valence-corrected chi connectivity index (χ3v) is 6.74. The van der Waals surface area contributed by atoms with Gasteiger partial charge in [-0.25, -0.2) is 4.39 Å². The molecule has 1 atom stereocenters. The Morgan fingerprint density at radius 2 is 1.82 bits per heavy atom. The highest BCUT2D eigenvalue weighted by molar-refractivity contribution is 5.80. The minimum absolute atomic E-state index is 0.0604. The maximum absolute atomic E-state index is 13.3. The maximum Gasteiger partial charge on any atom is 0.225 e. The van der Waals surface area contributed by atoms with Crippen molar-refractivity contribution in [3.63, 3.8) is 0 Å². The van der Waals surface area contributed by atoms with E-state index in [0.717, 1.165) is 31.2 Å². The second-order valence-corrected chi connectivity index (χ2v) is 9.43. The Hall–Kier alpha value is -2.93. The smallest absolute Gasteiger partial charge is 0.225 e. The Morgan fingerprint density at radius 1 is 1.12 bits per heavy atom. The number of hydrogen-bond acceptors (Lipinski definition) is 4. The molecule has 1 saturated carbocycles. The SMILES string of the molecule is CN(Cc1ccccc1)C(=O)C[C@]1(COc2ccc(F)cc2)CN(C(=O)C2CCCC2)CCO1. The molecule has 1 heterocycles. The van der Waals surface area contributed by atoms with Crippen LogP contribution in [0.5, 0.6) is 5.75 Å². The van der Waals surface area contributed by atoms with Crippen molar-refractivity contribution in [2.24, 2.45) is 5.92 Å². The van der Waals surface area contributed by atoms with Crippen LogP contribution in [0, 0.1) is 11.7 Å². The van der Waals surface area contributed by atoms with E-state index in [1.54, 1.807) is 24.1 Å². The fourth-order valence-electron chi connectivity index (χ4n) is 4.81. The van der Waals surface area contributed by atoms with Gasteiger partial charge in [-0.2, -0.15) is 0 Å². The second kappa shape index (κ2) is 11.0. The van der Waals surface area contributed by atoms with Gasteiger partial charge in [0.1, 0.15) is 23.8 Å². The molecule has 182 valence electrons. The van der Waals surface area contributed by atoms with Crippen LogP contribution in [0.15, 0.2) is 54.6 Å². The molecule has 4 rings (SSSR count). The van der Waals surface area contributed by atoms with E-state index in [0.29, 0.717) is 32.0 Å². The van der Waals surface area contributed by atoms with E-state index in [4.69, 9.17) is 9.47 Å². The Kier molecular flexibility index (Phi) is 7.83. The van der Waals surface area contributed by atoms with E-state index in [-0.39, 0.29) is 36.6 Å². The van der Waals surface area contributed by atoms with Crippen LogP contribution in [0.2, 0.25) is 0 Å². The summed E-state index contributed by atoms with van der Waals surface area (Å²) in [5, 5.41) is 0. The molecule has 2 fully saturated rings. The summed E-state index contributed by atoms with van der Waals surface area (Å²) < 4.78 is 25.5. The first kappa shape index (κ1) is 24.2. The van der Waals surface area contributed by atoms with Crippen molar-refractivity contribution in [1.82, 2.24) is 9.80 Å². The van der Waals surface area contributed by atoms with E-state index < -0.39 is 5.60 Å². The first-order chi connectivity index (χ1) is 16.4. The predicted molar refractivity (Wildman–Crippen MR) is 127 cm³/mol. The van der Waals surface area contributed by atoms with Crippen LogP contribution in [0.4, 0.5) is 4.39 Å². The summed E-state index contributed by atoms with van der Waals surface area (Å²) in [4.78, 5) is 29.9. The van der Waals surface area contributed by atoms with E-state index >= 15 is 0 Å². The van der Waals surface area contributed by atoms with Crippen LogP contribution in [0.3, 0.4) is 0 Å². The summed E-state index contributed by atoms with van der Waals surface area (Å²) in [6, 6.07) is 15.6. The van der Waals surface area contributed by atoms with Gasteiger partial charge in [0.15, 0.2) is 0 Å². The normalized spacial score (nSPS) is 20.8. The van der Waals surface area contributed by atoms with Crippen LogP contribution < -0.4 is 4.74 Å². The Balaban J connectivity index is 1.48. The highest BCUT2D eigenvalue weighted by Gasteiger charge is 2.43. The number of halogens is 1. The van der Waals surface area contributed by atoms with Gasteiger partial charge >= 0.3 is 0 Å². The third kappa shape index (κ3) is 6.14. The summed E-state index contributed by atoms with van der Waals surface area (Å²) in [7, 11) is 1.77. The number of carbonyl (C=O) groups is 2. The zero-order valence-electron chi connectivity index (χ0n) is 19.7. The summed E-state index contributed by atoms with van der Waals surface area (Å²) in [6.07, 6.45) is 4.11. The molecule has 0 radical (unpaired) electrons. The average molecular weight is 469 g/mol. The first-order valence-electron chi connectivity index (χ1n) is 12.0. The zero-order chi connectivity index (χ0) is 24.0. The molecule has 0 aromatic heterocycles. The number of amides is 2. The molecule has 0 N–H and O–H groups in total. The fourth-order valence-corrected chi connectivity index (χ4v) is 4.81. The second-order valence-electron chi connectivity index (χ2n) is 9.43. The molecule has 2 aliphatic rings. The van der Waals surface area contributed by atoms with Crippen molar-refractivity contribution < 1.29 is 23.5 Å². The molecule has 34 heavy (non-hydrogen) atoms. The number of carbonyl (C=O) groups excluding carboxylic acids is 2. The molecule has 2 aromatic carbocycles. The van der Waals surface area contributed by atoms with E-state index in [1.165, 1.54) is 12.1 Å². The Labute approximate surface area is 200 Å². The minimum Gasteiger partial charge on any atom is -0.490 e. The van der Waals surface area contributed by atoms with Gasteiger partial charge in [0.25, 0.3) is 0 Å². The van der Waals surface area contributed by atoms with Crippen molar-refractivity contribution in [3.8, 4) is 5.75 Å². The van der Waals surface area contributed by atoms with Crippen molar-refractivity contribution >= 4 is 11.8 Å². The third-order valence-electron chi connectivity index (χ3n) is 6.74. The molecule has 1 aliphatic heterocycles. The lowest BCUT2D eigenvalue weighted by Gasteiger charge is -2.43. The maximum atomic E-state index is 13.3. The lowest BCUT2D eigenvalue weighted by atomic mass is 9.95. The quantitative estimate of drug-likeness (QED) is 0.587. The molecular weight excluding hydrogens is 435 g/mol. The van der Waals surface area contributed by atoms with E-state index in [9.17, 15) is 14.0 Å². The van der Waals surface area contributed by atoms with Crippen molar-refractivity contribution in [1.29, 1.82) is 0 Å². The van der Waals surface area contributed by atoms with Crippen molar-refractivity contribution in [2.45, 2.75) is 44.2 Å². The number of nitrogens with zero attached hydrogens (tertiary/aromatic N) is 2. The van der Waals surface area contributed by atoms with E-state index in [1.807, 2.05) is 35.2 Å². The Morgan fingerprint density at radius 3 is 2.53 bits per heavy atom.